The lowest BCUT2D eigenvalue weighted by Gasteiger charge is -2.08. The number of hydrazine groups is 1. The minimum absolute atomic E-state index is 0.0493. The van der Waals surface area contributed by atoms with Crippen LogP contribution in [0.1, 0.15) is 10.4 Å². The number of pyridine rings is 1. The van der Waals surface area contributed by atoms with Crippen LogP contribution in [-0.2, 0) is 0 Å². The van der Waals surface area contributed by atoms with Crippen molar-refractivity contribution in [3.63, 3.8) is 0 Å². The van der Waals surface area contributed by atoms with Crippen molar-refractivity contribution >= 4 is 33.3 Å². The van der Waals surface area contributed by atoms with Crippen molar-refractivity contribution in [1.29, 1.82) is 0 Å². The van der Waals surface area contributed by atoms with Crippen LogP contribution in [0.3, 0.4) is 0 Å². The maximum Gasteiger partial charge on any atom is 0.255 e. The summed E-state index contributed by atoms with van der Waals surface area (Å²) in [4.78, 5) is 15.8. The Hall–Kier alpha value is -2.06. The van der Waals surface area contributed by atoms with Crippen molar-refractivity contribution in [3.8, 4) is 0 Å². The molecule has 1 heterocycles. The molecule has 20 heavy (non-hydrogen) atoms. The number of hydrogen-bond donors (Lipinski definition) is 3. The molecule has 0 aliphatic rings. The highest BCUT2D eigenvalue weighted by molar-refractivity contribution is 9.10. The normalized spacial score (nSPS) is 10.2. The van der Waals surface area contributed by atoms with Gasteiger partial charge >= 0.3 is 0 Å². The van der Waals surface area contributed by atoms with Gasteiger partial charge in [0.25, 0.3) is 5.91 Å². The third-order valence-corrected chi connectivity index (χ3v) is 3.04. The van der Waals surface area contributed by atoms with E-state index in [1.165, 1.54) is 18.3 Å². The van der Waals surface area contributed by atoms with Crippen LogP contribution in [0.4, 0.5) is 20.3 Å². The first-order chi connectivity index (χ1) is 9.51. The second-order valence-corrected chi connectivity index (χ2v) is 4.63. The van der Waals surface area contributed by atoms with Gasteiger partial charge in [0.05, 0.1) is 10.2 Å². The molecule has 0 aliphatic carbocycles. The molecule has 1 aromatic heterocycles. The second-order valence-electron chi connectivity index (χ2n) is 3.77. The molecule has 2 rings (SSSR count). The first-order valence-electron chi connectivity index (χ1n) is 5.40. The number of anilines is 2. The van der Waals surface area contributed by atoms with Crippen molar-refractivity contribution in [1.82, 2.24) is 4.98 Å². The van der Waals surface area contributed by atoms with Crippen LogP contribution in [0.15, 0.2) is 34.9 Å². The lowest BCUT2D eigenvalue weighted by atomic mass is 10.2. The number of hydrogen-bond acceptors (Lipinski definition) is 4. The summed E-state index contributed by atoms with van der Waals surface area (Å²) >= 11 is 2.92. The molecule has 0 saturated heterocycles. The van der Waals surface area contributed by atoms with E-state index >= 15 is 0 Å². The molecule has 4 N–H and O–H groups in total. The van der Waals surface area contributed by atoms with Gasteiger partial charge < -0.3 is 10.7 Å². The lowest BCUT2D eigenvalue weighted by molar-refractivity contribution is 0.102. The van der Waals surface area contributed by atoms with Crippen LogP contribution in [0.25, 0.3) is 0 Å². The highest BCUT2D eigenvalue weighted by Crippen LogP contribution is 2.24. The molecule has 8 heteroatoms. The molecule has 0 spiro atoms. The smallest absolute Gasteiger partial charge is 0.255 e. The van der Waals surface area contributed by atoms with Crippen LogP contribution in [-0.4, -0.2) is 10.9 Å². The summed E-state index contributed by atoms with van der Waals surface area (Å²) in [5.41, 5.74) is 2.38. The van der Waals surface area contributed by atoms with Gasteiger partial charge in [0.15, 0.2) is 0 Å². The number of carbonyl (C=O) groups is 1. The third-order valence-electron chi connectivity index (χ3n) is 2.43. The van der Waals surface area contributed by atoms with E-state index in [4.69, 9.17) is 5.84 Å². The van der Waals surface area contributed by atoms with Gasteiger partial charge in [-0.2, -0.15) is 0 Å². The minimum atomic E-state index is -0.870. The van der Waals surface area contributed by atoms with E-state index in [2.05, 4.69) is 31.7 Å². The monoisotopic (exact) mass is 342 g/mol. The largest absolute Gasteiger partial charge is 0.319 e. The molecule has 0 fully saturated rings. The van der Waals surface area contributed by atoms with E-state index in [9.17, 15) is 13.6 Å². The van der Waals surface area contributed by atoms with Gasteiger partial charge in [-0.05, 0) is 34.1 Å². The maximum atomic E-state index is 13.5. The molecular formula is C12H9BrF2N4O. The van der Waals surface area contributed by atoms with Gasteiger partial charge in [0, 0.05) is 17.8 Å². The summed E-state index contributed by atoms with van der Waals surface area (Å²) in [7, 11) is 0. The fraction of sp³-hybridized carbons (Fsp3) is 0. The first-order valence-corrected chi connectivity index (χ1v) is 6.19. The van der Waals surface area contributed by atoms with E-state index in [-0.39, 0.29) is 15.7 Å². The molecule has 0 aliphatic heterocycles. The zero-order valence-corrected chi connectivity index (χ0v) is 11.5. The van der Waals surface area contributed by atoms with Crippen LogP contribution < -0.4 is 16.6 Å². The molecular weight excluding hydrogens is 334 g/mol. The molecule has 0 bridgehead atoms. The van der Waals surface area contributed by atoms with Crippen molar-refractivity contribution in [3.05, 3.63) is 52.1 Å². The zero-order valence-electron chi connectivity index (χ0n) is 9.95. The number of rotatable bonds is 3. The number of halogens is 3. The average molecular weight is 343 g/mol. The van der Waals surface area contributed by atoms with E-state index in [1.54, 1.807) is 0 Å². The van der Waals surface area contributed by atoms with E-state index in [0.29, 0.717) is 11.9 Å². The van der Waals surface area contributed by atoms with Gasteiger partial charge in [0.1, 0.15) is 17.5 Å². The Balaban J connectivity index is 2.25. The minimum Gasteiger partial charge on any atom is -0.319 e. The summed E-state index contributed by atoms with van der Waals surface area (Å²) in [5, 5.41) is 2.34. The van der Waals surface area contributed by atoms with Gasteiger partial charge in [-0.25, -0.2) is 19.6 Å². The van der Waals surface area contributed by atoms with Gasteiger partial charge in [0.2, 0.25) is 0 Å². The Morgan fingerprint density at radius 2 is 2.00 bits per heavy atom. The number of aromatic nitrogens is 1. The van der Waals surface area contributed by atoms with E-state index in [1.807, 2.05) is 0 Å². The average Bonchev–Trinajstić information content (AvgIpc) is 2.44. The lowest BCUT2D eigenvalue weighted by Crippen LogP contribution is -2.15. The van der Waals surface area contributed by atoms with Gasteiger partial charge in [-0.15, -0.1) is 0 Å². The third kappa shape index (κ3) is 3.09. The van der Waals surface area contributed by atoms with Gasteiger partial charge in [-0.1, -0.05) is 0 Å². The summed E-state index contributed by atoms with van der Waals surface area (Å²) < 4.78 is 26.7. The number of nitrogen functional groups attached to an aromatic ring is 1. The van der Waals surface area contributed by atoms with Crippen molar-refractivity contribution in [2.24, 2.45) is 5.84 Å². The Bertz CT molecular complexity index is 666. The predicted molar refractivity (Wildman–Crippen MR) is 74.1 cm³/mol. The second kappa shape index (κ2) is 5.93. The number of benzene rings is 1. The van der Waals surface area contributed by atoms with Crippen molar-refractivity contribution < 1.29 is 13.6 Å². The fourth-order valence-electron chi connectivity index (χ4n) is 1.46. The molecule has 5 nitrogen and oxygen atoms in total. The molecule has 104 valence electrons. The zero-order chi connectivity index (χ0) is 14.7. The standard InChI is InChI=1S/C12H9BrF2N4O/c13-7-4-10(9(15)5-8(7)14)18-12(20)6-1-2-17-11(3-6)19-16/h1-5H,16H2,(H,17,19)(H,18,20). The number of nitrogens with two attached hydrogens (primary N) is 1. The summed E-state index contributed by atoms with van der Waals surface area (Å²) in [6.45, 7) is 0. The topological polar surface area (TPSA) is 80.0 Å². The van der Waals surface area contributed by atoms with Crippen LogP contribution in [0, 0.1) is 11.6 Å². The van der Waals surface area contributed by atoms with E-state index < -0.39 is 17.5 Å². The van der Waals surface area contributed by atoms with Crippen LogP contribution in [0.5, 0.6) is 0 Å². The number of carbonyl (C=O) groups excluding carboxylic acids is 1. The fourth-order valence-corrected chi connectivity index (χ4v) is 1.81. The Kier molecular flexibility index (Phi) is 4.26. The molecule has 0 unspecified atom stereocenters. The Morgan fingerprint density at radius 1 is 1.25 bits per heavy atom. The number of amides is 1. The van der Waals surface area contributed by atoms with Crippen molar-refractivity contribution in [2.75, 3.05) is 10.7 Å². The predicted octanol–water partition coefficient (Wildman–Crippen LogP) is 2.66. The molecule has 0 saturated carbocycles. The molecule has 0 atom stereocenters. The van der Waals surface area contributed by atoms with Crippen molar-refractivity contribution in [2.45, 2.75) is 0 Å². The number of nitrogens with one attached hydrogen (secondary N) is 2. The molecule has 1 amide bonds. The summed E-state index contributed by atoms with van der Waals surface area (Å²) in [6, 6.07) is 4.66. The quantitative estimate of drug-likeness (QED) is 0.455. The number of nitrogens with zero attached hydrogens (tertiary/aromatic N) is 1. The van der Waals surface area contributed by atoms with Gasteiger partial charge in [-0.3, -0.25) is 4.79 Å². The molecule has 2 aromatic rings. The molecule has 0 radical (unpaired) electrons. The highest BCUT2D eigenvalue weighted by Gasteiger charge is 2.13. The van der Waals surface area contributed by atoms with Crippen LogP contribution in [0.2, 0.25) is 0 Å². The summed E-state index contributed by atoms with van der Waals surface area (Å²) in [6.07, 6.45) is 1.38. The summed E-state index contributed by atoms with van der Waals surface area (Å²) in [5.74, 6) is 3.28. The van der Waals surface area contributed by atoms with Crippen LogP contribution >= 0.6 is 15.9 Å². The highest BCUT2D eigenvalue weighted by atomic mass is 79.9. The Morgan fingerprint density at radius 3 is 2.70 bits per heavy atom. The Labute approximate surface area is 121 Å². The van der Waals surface area contributed by atoms with E-state index in [0.717, 1.165) is 6.07 Å². The first kappa shape index (κ1) is 14.4. The SMILES string of the molecule is NNc1cc(C(=O)Nc2cc(Br)c(F)cc2F)ccn1. The molecule has 1 aromatic carbocycles. The maximum absolute atomic E-state index is 13.5.